The SMILES string of the molecule is N/C(=N\O)c1ccc(OCc2ccccc2)cc1F.[C-]#[N+]c1ccc(OCc2ccccc2)cc1F. The van der Waals surface area contributed by atoms with Crippen LogP contribution in [0.4, 0.5) is 14.5 Å². The van der Waals surface area contributed by atoms with Gasteiger partial charge in [-0.15, -0.1) is 0 Å². The molecule has 0 unspecified atom stereocenters. The Morgan fingerprint density at radius 1 is 0.778 bits per heavy atom. The van der Waals surface area contributed by atoms with E-state index in [0.717, 1.165) is 11.1 Å². The van der Waals surface area contributed by atoms with Gasteiger partial charge in [0.25, 0.3) is 0 Å². The Kier molecular flexibility index (Phi) is 9.36. The topological polar surface area (TPSA) is 81.4 Å². The van der Waals surface area contributed by atoms with Crippen LogP contribution in [-0.2, 0) is 13.2 Å². The summed E-state index contributed by atoms with van der Waals surface area (Å²) in [6.45, 7) is 7.47. The van der Waals surface area contributed by atoms with Gasteiger partial charge in [-0.3, -0.25) is 0 Å². The highest BCUT2D eigenvalue weighted by Gasteiger charge is 2.08. The van der Waals surface area contributed by atoms with Crippen molar-refractivity contribution >= 4 is 11.5 Å². The van der Waals surface area contributed by atoms with Crippen molar-refractivity contribution in [2.24, 2.45) is 10.9 Å². The smallest absolute Gasteiger partial charge is 0.222 e. The minimum Gasteiger partial charge on any atom is -0.489 e. The maximum absolute atomic E-state index is 13.7. The van der Waals surface area contributed by atoms with Crippen LogP contribution in [0, 0.1) is 18.2 Å². The molecule has 0 aliphatic heterocycles. The summed E-state index contributed by atoms with van der Waals surface area (Å²) in [6, 6.07) is 27.6. The predicted molar refractivity (Wildman–Crippen MR) is 133 cm³/mol. The average Bonchev–Trinajstić information content (AvgIpc) is 2.92. The first-order chi connectivity index (χ1) is 17.5. The van der Waals surface area contributed by atoms with Crippen LogP contribution in [0.1, 0.15) is 16.7 Å². The first-order valence-electron chi connectivity index (χ1n) is 10.8. The van der Waals surface area contributed by atoms with Crippen LogP contribution < -0.4 is 15.2 Å². The first kappa shape index (κ1) is 25.7. The number of hydrogen-bond acceptors (Lipinski definition) is 4. The van der Waals surface area contributed by atoms with Crippen LogP contribution in [0.25, 0.3) is 4.85 Å². The van der Waals surface area contributed by atoms with Crippen LogP contribution in [0.2, 0.25) is 0 Å². The van der Waals surface area contributed by atoms with Crippen molar-refractivity contribution in [3.8, 4) is 11.5 Å². The monoisotopic (exact) mass is 487 g/mol. The standard InChI is InChI=1S/C14H13FN2O2.C14H10FNO/c15-13-8-11(6-7-12(13)14(16)17-18)19-9-10-4-2-1-3-5-10;1-16-14-8-7-12(9-13(14)15)17-10-11-5-3-2-4-6-11/h1-8,18H,9H2,(H2,16,17);2-9H,10H2. The van der Waals surface area contributed by atoms with E-state index >= 15 is 0 Å². The molecule has 0 heterocycles. The van der Waals surface area contributed by atoms with Gasteiger partial charge in [-0.1, -0.05) is 65.8 Å². The lowest BCUT2D eigenvalue weighted by Crippen LogP contribution is -2.15. The van der Waals surface area contributed by atoms with Crippen LogP contribution >= 0.6 is 0 Å². The summed E-state index contributed by atoms with van der Waals surface area (Å²) in [6.07, 6.45) is 0. The Morgan fingerprint density at radius 2 is 1.28 bits per heavy atom. The zero-order valence-corrected chi connectivity index (χ0v) is 19.1. The van der Waals surface area contributed by atoms with Gasteiger partial charge in [0.1, 0.15) is 36.3 Å². The number of ether oxygens (including phenoxy) is 2. The molecule has 0 spiro atoms. The molecule has 0 saturated carbocycles. The van der Waals surface area contributed by atoms with E-state index in [0.29, 0.717) is 24.7 Å². The van der Waals surface area contributed by atoms with Crippen molar-refractivity contribution in [3.63, 3.8) is 0 Å². The zero-order chi connectivity index (χ0) is 25.8. The Hall–Kier alpha value is -4.90. The molecule has 6 nitrogen and oxygen atoms in total. The van der Waals surface area contributed by atoms with Gasteiger partial charge >= 0.3 is 0 Å². The third-order valence-corrected chi connectivity index (χ3v) is 4.86. The van der Waals surface area contributed by atoms with Gasteiger partial charge in [-0.25, -0.2) is 13.6 Å². The zero-order valence-electron chi connectivity index (χ0n) is 19.1. The van der Waals surface area contributed by atoms with E-state index < -0.39 is 11.6 Å². The molecule has 0 fully saturated rings. The molecule has 0 aliphatic carbocycles. The molecule has 0 saturated heterocycles. The maximum atomic E-state index is 13.7. The number of halogens is 2. The number of nitrogens with two attached hydrogens (primary N) is 1. The van der Waals surface area contributed by atoms with Crippen molar-refractivity contribution in [2.45, 2.75) is 13.2 Å². The van der Waals surface area contributed by atoms with E-state index in [-0.39, 0.29) is 17.1 Å². The van der Waals surface area contributed by atoms with Gasteiger partial charge in [0.05, 0.1) is 12.1 Å². The van der Waals surface area contributed by atoms with Crippen LogP contribution in [0.5, 0.6) is 11.5 Å². The normalized spacial score (nSPS) is 10.5. The summed E-state index contributed by atoms with van der Waals surface area (Å²) in [5.41, 5.74) is 7.38. The Labute approximate surface area is 207 Å². The molecule has 0 bridgehead atoms. The van der Waals surface area contributed by atoms with Crippen LogP contribution in [0.15, 0.2) is 102 Å². The molecule has 0 amide bonds. The summed E-state index contributed by atoms with van der Waals surface area (Å²) in [5, 5.41) is 11.3. The number of hydrogen-bond donors (Lipinski definition) is 2. The van der Waals surface area contributed by atoms with Gasteiger partial charge < -0.3 is 20.4 Å². The van der Waals surface area contributed by atoms with E-state index in [1.165, 1.54) is 24.3 Å². The van der Waals surface area contributed by atoms with Gasteiger partial charge in [-0.05, 0) is 35.4 Å². The van der Waals surface area contributed by atoms with Crippen LogP contribution in [-0.4, -0.2) is 11.0 Å². The fraction of sp³-hybridized carbons (Fsp3) is 0.0714. The molecule has 182 valence electrons. The molecule has 0 radical (unpaired) electrons. The fourth-order valence-corrected chi connectivity index (χ4v) is 3.00. The highest BCUT2D eigenvalue weighted by atomic mass is 19.1. The molecule has 4 aromatic rings. The van der Waals surface area contributed by atoms with E-state index in [1.54, 1.807) is 12.1 Å². The van der Waals surface area contributed by atoms with E-state index in [4.69, 9.17) is 27.0 Å². The largest absolute Gasteiger partial charge is 0.489 e. The van der Waals surface area contributed by atoms with Crippen molar-refractivity contribution in [2.75, 3.05) is 0 Å². The van der Waals surface area contributed by atoms with Crippen molar-refractivity contribution in [1.29, 1.82) is 0 Å². The van der Waals surface area contributed by atoms with E-state index in [2.05, 4.69) is 10.0 Å². The lowest BCUT2D eigenvalue weighted by atomic mass is 10.2. The number of benzene rings is 4. The molecule has 4 aromatic carbocycles. The first-order valence-corrected chi connectivity index (χ1v) is 10.8. The molecular weight excluding hydrogens is 464 g/mol. The molecular formula is C28H23F2N3O3. The summed E-state index contributed by atoms with van der Waals surface area (Å²) in [7, 11) is 0. The lowest BCUT2D eigenvalue weighted by Gasteiger charge is -2.08. The van der Waals surface area contributed by atoms with Gasteiger partial charge in [-0.2, -0.15) is 0 Å². The number of nitrogens with zero attached hydrogens (tertiary/aromatic N) is 2. The van der Waals surface area contributed by atoms with E-state index in [1.807, 2.05) is 60.7 Å². The van der Waals surface area contributed by atoms with Gasteiger partial charge in [0, 0.05) is 12.1 Å². The summed E-state index contributed by atoms with van der Waals surface area (Å²) >= 11 is 0. The Bertz CT molecular complexity index is 1340. The van der Waals surface area contributed by atoms with Gasteiger partial charge in [0.2, 0.25) is 5.69 Å². The number of amidine groups is 1. The molecule has 0 aromatic heterocycles. The van der Waals surface area contributed by atoms with Crippen LogP contribution in [0.3, 0.4) is 0 Å². The van der Waals surface area contributed by atoms with E-state index in [9.17, 15) is 8.78 Å². The predicted octanol–water partition coefficient (Wildman–Crippen LogP) is 6.45. The van der Waals surface area contributed by atoms with Crippen molar-refractivity contribution in [3.05, 3.63) is 137 Å². The molecule has 36 heavy (non-hydrogen) atoms. The summed E-state index contributed by atoms with van der Waals surface area (Å²) in [5.74, 6) is -0.604. The molecule has 0 aliphatic rings. The lowest BCUT2D eigenvalue weighted by molar-refractivity contribution is 0.304. The Morgan fingerprint density at radius 3 is 1.72 bits per heavy atom. The second-order valence-corrected chi connectivity index (χ2v) is 7.40. The molecule has 3 N–H and O–H groups in total. The fourth-order valence-electron chi connectivity index (χ4n) is 3.00. The maximum Gasteiger partial charge on any atom is 0.222 e. The third-order valence-electron chi connectivity index (χ3n) is 4.86. The minimum absolute atomic E-state index is 0.0112. The second-order valence-electron chi connectivity index (χ2n) is 7.40. The third kappa shape index (κ3) is 7.57. The average molecular weight is 488 g/mol. The summed E-state index contributed by atoms with van der Waals surface area (Å²) < 4.78 is 37.8. The number of oxime groups is 1. The number of rotatable bonds is 7. The van der Waals surface area contributed by atoms with Crippen molar-refractivity contribution in [1.82, 2.24) is 0 Å². The summed E-state index contributed by atoms with van der Waals surface area (Å²) in [4.78, 5) is 3.05. The molecule has 4 rings (SSSR count). The Balaban J connectivity index is 0.000000202. The van der Waals surface area contributed by atoms with Crippen molar-refractivity contribution < 1.29 is 23.5 Å². The molecule has 8 heteroatoms. The molecule has 0 atom stereocenters. The minimum atomic E-state index is -0.596. The highest BCUT2D eigenvalue weighted by molar-refractivity contribution is 5.97. The highest BCUT2D eigenvalue weighted by Crippen LogP contribution is 2.23. The van der Waals surface area contributed by atoms with Gasteiger partial charge in [0.15, 0.2) is 5.84 Å². The quantitative estimate of drug-likeness (QED) is 0.103. The second kappa shape index (κ2) is 13.1.